The lowest BCUT2D eigenvalue weighted by Gasteiger charge is -2.13. The van der Waals surface area contributed by atoms with Gasteiger partial charge in [-0.2, -0.15) is 0 Å². The lowest BCUT2D eigenvalue weighted by atomic mass is 10.1. The fraction of sp³-hybridized carbons (Fsp3) is 0.280. The molecule has 0 aliphatic carbocycles. The van der Waals surface area contributed by atoms with E-state index in [1.54, 1.807) is 25.3 Å². The third-order valence-electron chi connectivity index (χ3n) is 4.93. The number of carbonyl (C=O) groups is 2. The molecule has 0 bridgehead atoms. The summed E-state index contributed by atoms with van der Waals surface area (Å²) >= 11 is 6.01. The van der Waals surface area contributed by atoms with Crippen molar-refractivity contribution in [2.24, 2.45) is 0 Å². The molecular formula is C25H29ClN6O3. The van der Waals surface area contributed by atoms with Crippen LogP contribution in [0.25, 0.3) is 11.4 Å². The lowest BCUT2D eigenvalue weighted by molar-refractivity contribution is -0.120. The van der Waals surface area contributed by atoms with Crippen LogP contribution in [-0.4, -0.2) is 55.1 Å². The summed E-state index contributed by atoms with van der Waals surface area (Å²) in [5, 5.41) is 12.7. The van der Waals surface area contributed by atoms with Crippen LogP contribution in [-0.2, 0) is 16.0 Å². The summed E-state index contributed by atoms with van der Waals surface area (Å²) in [6.07, 6.45) is 0.237. The first kappa shape index (κ1) is 25.8. The minimum Gasteiger partial charge on any atom is -0.496 e. The largest absolute Gasteiger partial charge is 0.496 e. The summed E-state index contributed by atoms with van der Waals surface area (Å²) in [6.45, 7) is 3.34. The molecule has 4 N–H and O–H groups in total. The number of carbonyl (C=O) groups excluding carboxylic acids is 2. The Morgan fingerprint density at radius 3 is 2.14 bits per heavy atom. The molecule has 0 aliphatic rings. The average Bonchev–Trinajstić information content (AvgIpc) is 2.85. The standard InChI is InChI=1S/C25H29ClN6O3/c1-17(33)27-11-12-28-22-16-23(32-25(31-22)18-7-9-20(26)10-8-18)29-13-14-30-24(34)15-19-5-3-4-6-21(19)35-2/h3-10,16H,11-15H2,1-2H3,(H,27,33)(H,30,34)(H2,28,29,31,32). The van der Waals surface area contributed by atoms with Gasteiger partial charge in [0.15, 0.2) is 5.82 Å². The molecule has 35 heavy (non-hydrogen) atoms. The van der Waals surface area contributed by atoms with Crippen molar-refractivity contribution < 1.29 is 14.3 Å². The number of aromatic nitrogens is 2. The summed E-state index contributed by atoms with van der Waals surface area (Å²) in [5.74, 6) is 2.24. The average molecular weight is 497 g/mol. The van der Waals surface area contributed by atoms with Crippen LogP contribution in [0.4, 0.5) is 11.6 Å². The minimum atomic E-state index is -0.0961. The van der Waals surface area contributed by atoms with Gasteiger partial charge in [-0.1, -0.05) is 29.8 Å². The second-order valence-corrected chi connectivity index (χ2v) is 8.08. The number of benzene rings is 2. The second kappa shape index (κ2) is 13.1. The van der Waals surface area contributed by atoms with Gasteiger partial charge in [0, 0.05) is 55.3 Å². The maximum absolute atomic E-state index is 12.3. The topological polar surface area (TPSA) is 117 Å². The number of rotatable bonds is 12. The van der Waals surface area contributed by atoms with E-state index >= 15 is 0 Å². The molecule has 184 valence electrons. The molecule has 0 saturated heterocycles. The summed E-state index contributed by atoms with van der Waals surface area (Å²) < 4.78 is 5.30. The van der Waals surface area contributed by atoms with E-state index in [2.05, 4.69) is 31.2 Å². The molecular weight excluding hydrogens is 468 g/mol. The van der Waals surface area contributed by atoms with Gasteiger partial charge in [-0.25, -0.2) is 9.97 Å². The van der Waals surface area contributed by atoms with Crippen LogP contribution in [0.2, 0.25) is 5.02 Å². The number of para-hydroxylation sites is 1. The highest BCUT2D eigenvalue weighted by atomic mass is 35.5. The molecule has 0 radical (unpaired) electrons. The predicted octanol–water partition coefficient (Wildman–Crippen LogP) is 3.12. The van der Waals surface area contributed by atoms with Gasteiger partial charge < -0.3 is 26.0 Å². The Balaban J connectivity index is 1.59. The molecule has 0 fully saturated rings. The molecule has 3 rings (SSSR count). The third-order valence-corrected chi connectivity index (χ3v) is 5.18. The van der Waals surface area contributed by atoms with Gasteiger partial charge >= 0.3 is 0 Å². The Bertz CT molecular complexity index is 1140. The van der Waals surface area contributed by atoms with Crippen molar-refractivity contribution in [2.75, 3.05) is 43.9 Å². The molecule has 0 spiro atoms. The molecule has 2 aromatic carbocycles. The fourth-order valence-electron chi connectivity index (χ4n) is 3.26. The van der Waals surface area contributed by atoms with Crippen LogP contribution in [0.5, 0.6) is 5.75 Å². The number of halogens is 1. The molecule has 0 aliphatic heterocycles. The molecule has 0 unspecified atom stereocenters. The molecule has 1 heterocycles. The van der Waals surface area contributed by atoms with Crippen molar-refractivity contribution in [3.05, 3.63) is 65.2 Å². The maximum atomic E-state index is 12.3. The summed E-state index contributed by atoms with van der Waals surface area (Å²) in [4.78, 5) is 32.6. The van der Waals surface area contributed by atoms with Crippen molar-refractivity contribution in [1.29, 1.82) is 0 Å². The number of hydrogen-bond donors (Lipinski definition) is 4. The SMILES string of the molecule is COc1ccccc1CC(=O)NCCNc1cc(NCCNC(C)=O)nc(-c2ccc(Cl)cc2)n1. The molecule has 2 amide bonds. The first-order valence-corrected chi connectivity index (χ1v) is 11.6. The van der Waals surface area contributed by atoms with Crippen molar-refractivity contribution in [1.82, 2.24) is 20.6 Å². The van der Waals surface area contributed by atoms with Gasteiger partial charge in [-0.05, 0) is 30.3 Å². The quantitative estimate of drug-likeness (QED) is 0.284. The summed E-state index contributed by atoms with van der Waals surface area (Å²) in [7, 11) is 1.59. The first-order valence-electron chi connectivity index (χ1n) is 11.2. The van der Waals surface area contributed by atoms with Crippen LogP contribution in [0.1, 0.15) is 12.5 Å². The van der Waals surface area contributed by atoms with Crippen LogP contribution < -0.4 is 26.0 Å². The third kappa shape index (κ3) is 8.46. The first-order chi connectivity index (χ1) is 16.9. The van der Waals surface area contributed by atoms with E-state index in [1.807, 2.05) is 36.4 Å². The van der Waals surface area contributed by atoms with E-state index in [0.29, 0.717) is 54.4 Å². The van der Waals surface area contributed by atoms with Crippen LogP contribution in [0, 0.1) is 0 Å². The number of hydrogen-bond acceptors (Lipinski definition) is 7. The van der Waals surface area contributed by atoms with E-state index in [-0.39, 0.29) is 18.2 Å². The van der Waals surface area contributed by atoms with E-state index in [0.717, 1.165) is 11.1 Å². The molecule has 9 nitrogen and oxygen atoms in total. The molecule has 1 aromatic heterocycles. The number of nitrogens with one attached hydrogen (secondary N) is 4. The Morgan fingerprint density at radius 2 is 1.51 bits per heavy atom. The highest BCUT2D eigenvalue weighted by Gasteiger charge is 2.09. The van der Waals surface area contributed by atoms with Gasteiger partial charge in [0.05, 0.1) is 13.5 Å². The zero-order valence-corrected chi connectivity index (χ0v) is 20.5. The predicted molar refractivity (Wildman–Crippen MR) is 138 cm³/mol. The number of methoxy groups -OCH3 is 1. The van der Waals surface area contributed by atoms with Gasteiger partial charge in [0.1, 0.15) is 17.4 Å². The second-order valence-electron chi connectivity index (χ2n) is 7.64. The van der Waals surface area contributed by atoms with Crippen molar-refractivity contribution in [3.63, 3.8) is 0 Å². The Morgan fingerprint density at radius 1 is 0.886 bits per heavy atom. The number of amides is 2. The molecule has 10 heteroatoms. The monoisotopic (exact) mass is 496 g/mol. The maximum Gasteiger partial charge on any atom is 0.224 e. The molecule has 0 saturated carbocycles. The number of nitrogens with zero attached hydrogens (tertiary/aromatic N) is 2. The number of anilines is 2. The zero-order chi connectivity index (χ0) is 25.0. The minimum absolute atomic E-state index is 0.0912. The highest BCUT2D eigenvalue weighted by molar-refractivity contribution is 6.30. The van der Waals surface area contributed by atoms with Crippen molar-refractivity contribution >= 4 is 35.1 Å². The van der Waals surface area contributed by atoms with Crippen molar-refractivity contribution in [3.8, 4) is 17.1 Å². The zero-order valence-electron chi connectivity index (χ0n) is 19.7. The fourth-order valence-corrected chi connectivity index (χ4v) is 3.39. The van der Waals surface area contributed by atoms with Crippen LogP contribution >= 0.6 is 11.6 Å². The van der Waals surface area contributed by atoms with Crippen LogP contribution in [0.15, 0.2) is 54.6 Å². The number of ether oxygens (including phenoxy) is 1. The molecule has 0 atom stereocenters. The molecule has 3 aromatic rings. The van der Waals surface area contributed by atoms with Gasteiger partial charge in [0.25, 0.3) is 0 Å². The Labute approximate surface area is 209 Å². The Kier molecular flexibility index (Phi) is 9.68. The van der Waals surface area contributed by atoms with E-state index in [9.17, 15) is 9.59 Å². The van der Waals surface area contributed by atoms with Crippen LogP contribution in [0.3, 0.4) is 0 Å². The highest BCUT2D eigenvalue weighted by Crippen LogP contribution is 2.22. The van der Waals surface area contributed by atoms with Gasteiger partial charge in [-0.15, -0.1) is 0 Å². The lowest BCUT2D eigenvalue weighted by Crippen LogP contribution is -2.30. The van der Waals surface area contributed by atoms with Crippen molar-refractivity contribution in [2.45, 2.75) is 13.3 Å². The van der Waals surface area contributed by atoms with E-state index < -0.39 is 0 Å². The van der Waals surface area contributed by atoms with Gasteiger partial charge in [-0.3, -0.25) is 9.59 Å². The van der Waals surface area contributed by atoms with E-state index in [1.165, 1.54) is 6.92 Å². The van der Waals surface area contributed by atoms with E-state index in [4.69, 9.17) is 16.3 Å². The summed E-state index contributed by atoms with van der Waals surface area (Å²) in [6, 6.07) is 16.5. The van der Waals surface area contributed by atoms with Gasteiger partial charge in [0.2, 0.25) is 11.8 Å². The summed E-state index contributed by atoms with van der Waals surface area (Å²) in [5.41, 5.74) is 1.65. The smallest absolute Gasteiger partial charge is 0.224 e. The Hall–Kier alpha value is -3.85. The normalized spacial score (nSPS) is 10.4.